The van der Waals surface area contributed by atoms with Crippen LogP contribution in [-0.2, 0) is 6.54 Å². The molecule has 0 bridgehead atoms. The molecule has 0 atom stereocenters. The molecule has 0 aliphatic heterocycles. The van der Waals surface area contributed by atoms with Crippen LogP contribution in [0.15, 0.2) is 40.9 Å². The number of amides is 1. The van der Waals surface area contributed by atoms with Crippen LogP contribution in [0.4, 0.5) is 0 Å². The summed E-state index contributed by atoms with van der Waals surface area (Å²) in [6.07, 6.45) is 0. The minimum atomic E-state index is -0.0724. The molecule has 1 heterocycles. The molecule has 26 heavy (non-hydrogen) atoms. The maximum absolute atomic E-state index is 12.8. The topological polar surface area (TPSA) is 59.2 Å². The molecule has 0 aliphatic rings. The van der Waals surface area contributed by atoms with Crippen LogP contribution in [0.2, 0.25) is 5.02 Å². The summed E-state index contributed by atoms with van der Waals surface area (Å²) in [7, 11) is 1.73. The second-order valence-corrected chi connectivity index (χ2v) is 6.87. The van der Waals surface area contributed by atoms with Gasteiger partial charge < -0.3 is 9.42 Å². The number of hydrogen-bond donors (Lipinski definition) is 0. The van der Waals surface area contributed by atoms with E-state index in [0.717, 1.165) is 16.7 Å². The number of aryl methyl sites for hydroxylation is 3. The van der Waals surface area contributed by atoms with Crippen LogP contribution in [0.1, 0.15) is 32.9 Å². The number of halogens is 1. The Balaban J connectivity index is 1.76. The molecule has 0 saturated heterocycles. The summed E-state index contributed by atoms with van der Waals surface area (Å²) in [4.78, 5) is 18.7. The van der Waals surface area contributed by atoms with Crippen LogP contribution in [0.5, 0.6) is 0 Å². The molecule has 2 aromatic carbocycles. The SMILES string of the molecule is Cc1cc(C)c(C(=O)N(C)Cc2nc(-c3ccc(Cl)cc3)no2)cc1C. The summed E-state index contributed by atoms with van der Waals surface area (Å²) < 4.78 is 5.29. The third-order valence-corrected chi connectivity index (χ3v) is 4.61. The van der Waals surface area contributed by atoms with Crippen LogP contribution in [0.3, 0.4) is 0 Å². The lowest BCUT2D eigenvalue weighted by Gasteiger charge is -2.17. The van der Waals surface area contributed by atoms with E-state index in [2.05, 4.69) is 10.1 Å². The molecule has 3 rings (SSSR count). The molecule has 134 valence electrons. The van der Waals surface area contributed by atoms with Crippen molar-refractivity contribution >= 4 is 17.5 Å². The number of aromatic nitrogens is 2. The first-order valence-corrected chi connectivity index (χ1v) is 8.65. The molecule has 0 spiro atoms. The average molecular weight is 370 g/mol. The van der Waals surface area contributed by atoms with Gasteiger partial charge in [0.25, 0.3) is 5.91 Å². The molecule has 0 saturated carbocycles. The van der Waals surface area contributed by atoms with E-state index < -0.39 is 0 Å². The van der Waals surface area contributed by atoms with Gasteiger partial charge in [-0.25, -0.2) is 0 Å². The van der Waals surface area contributed by atoms with E-state index in [1.165, 1.54) is 5.56 Å². The summed E-state index contributed by atoms with van der Waals surface area (Å²) >= 11 is 5.89. The Kier molecular flexibility index (Phi) is 5.09. The van der Waals surface area contributed by atoms with Gasteiger partial charge in [0.2, 0.25) is 11.7 Å². The van der Waals surface area contributed by atoms with Gasteiger partial charge >= 0.3 is 0 Å². The van der Waals surface area contributed by atoms with E-state index in [1.54, 1.807) is 24.1 Å². The number of carbonyl (C=O) groups excluding carboxylic acids is 1. The van der Waals surface area contributed by atoms with E-state index in [9.17, 15) is 4.79 Å². The van der Waals surface area contributed by atoms with Gasteiger partial charge in [0.15, 0.2) is 0 Å². The molecule has 0 N–H and O–H groups in total. The monoisotopic (exact) mass is 369 g/mol. The van der Waals surface area contributed by atoms with Crippen molar-refractivity contribution in [3.63, 3.8) is 0 Å². The predicted octanol–water partition coefficient (Wildman–Crippen LogP) is 4.59. The second-order valence-electron chi connectivity index (χ2n) is 6.43. The van der Waals surface area contributed by atoms with Crippen LogP contribution in [0, 0.1) is 20.8 Å². The second kappa shape index (κ2) is 7.30. The van der Waals surface area contributed by atoms with Crippen molar-refractivity contribution in [3.05, 3.63) is 69.6 Å². The molecule has 0 fully saturated rings. The molecule has 0 unspecified atom stereocenters. The van der Waals surface area contributed by atoms with Gasteiger partial charge in [-0.15, -0.1) is 0 Å². The normalized spacial score (nSPS) is 10.8. The Hall–Kier alpha value is -2.66. The Morgan fingerprint density at radius 1 is 1.08 bits per heavy atom. The fraction of sp³-hybridized carbons (Fsp3) is 0.250. The van der Waals surface area contributed by atoms with Gasteiger partial charge in [0, 0.05) is 23.2 Å². The summed E-state index contributed by atoms with van der Waals surface area (Å²) in [6, 6.07) is 11.1. The summed E-state index contributed by atoms with van der Waals surface area (Å²) in [6.45, 7) is 6.23. The zero-order valence-corrected chi connectivity index (χ0v) is 16.0. The Morgan fingerprint density at radius 2 is 1.73 bits per heavy atom. The molecular formula is C20H20ClN3O2. The number of benzene rings is 2. The number of carbonyl (C=O) groups is 1. The fourth-order valence-corrected chi connectivity index (χ4v) is 2.83. The first-order chi connectivity index (χ1) is 12.3. The predicted molar refractivity (Wildman–Crippen MR) is 101 cm³/mol. The van der Waals surface area contributed by atoms with Gasteiger partial charge in [-0.3, -0.25) is 4.79 Å². The lowest BCUT2D eigenvalue weighted by atomic mass is 10.00. The smallest absolute Gasteiger partial charge is 0.254 e. The van der Waals surface area contributed by atoms with E-state index in [0.29, 0.717) is 22.3 Å². The van der Waals surface area contributed by atoms with Gasteiger partial charge in [-0.05, 0) is 67.8 Å². The Morgan fingerprint density at radius 3 is 2.42 bits per heavy atom. The highest BCUT2D eigenvalue weighted by atomic mass is 35.5. The van der Waals surface area contributed by atoms with Crippen molar-refractivity contribution in [1.82, 2.24) is 15.0 Å². The largest absolute Gasteiger partial charge is 0.337 e. The highest BCUT2D eigenvalue weighted by Gasteiger charge is 2.18. The number of nitrogens with zero attached hydrogens (tertiary/aromatic N) is 3. The summed E-state index contributed by atoms with van der Waals surface area (Å²) in [5.74, 6) is 0.781. The Labute approximate surface area is 157 Å². The highest BCUT2D eigenvalue weighted by molar-refractivity contribution is 6.30. The molecule has 3 aromatic rings. The standard InChI is InChI=1S/C20H20ClN3O2/c1-12-9-14(3)17(10-13(12)2)20(25)24(4)11-18-22-19(23-26-18)15-5-7-16(21)8-6-15/h5-10H,11H2,1-4H3. The Bertz CT molecular complexity index is 948. The lowest BCUT2D eigenvalue weighted by Crippen LogP contribution is -2.27. The van der Waals surface area contributed by atoms with E-state index >= 15 is 0 Å². The van der Waals surface area contributed by atoms with E-state index in [1.807, 2.05) is 45.0 Å². The molecule has 6 heteroatoms. The van der Waals surface area contributed by atoms with Gasteiger partial charge in [-0.1, -0.05) is 22.8 Å². The van der Waals surface area contributed by atoms with Crippen molar-refractivity contribution < 1.29 is 9.32 Å². The zero-order valence-electron chi connectivity index (χ0n) is 15.2. The summed E-state index contributed by atoms with van der Waals surface area (Å²) in [5.41, 5.74) is 4.72. The maximum atomic E-state index is 12.8. The quantitative estimate of drug-likeness (QED) is 0.675. The first-order valence-electron chi connectivity index (χ1n) is 8.27. The van der Waals surface area contributed by atoms with Crippen molar-refractivity contribution in [1.29, 1.82) is 0 Å². The summed E-state index contributed by atoms with van der Waals surface area (Å²) in [5, 5.41) is 4.62. The van der Waals surface area contributed by atoms with Gasteiger partial charge in [0.05, 0.1) is 6.54 Å². The zero-order chi connectivity index (χ0) is 18.8. The minimum absolute atomic E-state index is 0.0724. The van der Waals surface area contributed by atoms with Crippen LogP contribution in [0.25, 0.3) is 11.4 Å². The lowest BCUT2D eigenvalue weighted by molar-refractivity contribution is 0.0768. The molecule has 0 aliphatic carbocycles. The van der Waals surface area contributed by atoms with Gasteiger partial charge in [-0.2, -0.15) is 4.98 Å². The third kappa shape index (κ3) is 3.78. The highest BCUT2D eigenvalue weighted by Crippen LogP contribution is 2.20. The van der Waals surface area contributed by atoms with Crippen LogP contribution in [-0.4, -0.2) is 28.0 Å². The number of rotatable bonds is 4. The minimum Gasteiger partial charge on any atom is -0.337 e. The van der Waals surface area contributed by atoms with E-state index in [-0.39, 0.29) is 12.5 Å². The maximum Gasteiger partial charge on any atom is 0.254 e. The van der Waals surface area contributed by atoms with Crippen molar-refractivity contribution in [3.8, 4) is 11.4 Å². The van der Waals surface area contributed by atoms with Crippen molar-refractivity contribution in [2.24, 2.45) is 0 Å². The average Bonchev–Trinajstić information content (AvgIpc) is 3.06. The third-order valence-electron chi connectivity index (χ3n) is 4.36. The molecule has 5 nitrogen and oxygen atoms in total. The van der Waals surface area contributed by atoms with Crippen LogP contribution < -0.4 is 0 Å². The fourth-order valence-electron chi connectivity index (χ4n) is 2.71. The van der Waals surface area contributed by atoms with Crippen molar-refractivity contribution in [2.45, 2.75) is 27.3 Å². The first kappa shape index (κ1) is 18.1. The molecular weight excluding hydrogens is 350 g/mol. The number of hydrogen-bond acceptors (Lipinski definition) is 4. The van der Waals surface area contributed by atoms with Gasteiger partial charge in [0.1, 0.15) is 0 Å². The molecule has 1 amide bonds. The van der Waals surface area contributed by atoms with Crippen LogP contribution >= 0.6 is 11.6 Å². The van der Waals surface area contributed by atoms with E-state index in [4.69, 9.17) is 16.1 Å². The molecule has 1 aromatic heterocycles. The molecule has 0 radical (unpaired) electrons. The van der Waals surface area contributed by atoms with Crippen molar-refractivity contribution in [2.75, 3.05) is 7.05 Å².